The summed E-state index contributed by atoms with van der Waals surface area (Å²) in [6.07, 6.45) is 1.78. The van der Waals surface area contributed by atoms with Gasteiger partial charge in [0.2, 0.25) is 0 Å². The van der Waals surface area contributed by atoms with E-state index in [0.717, 1.165) is 11.3 Å². The molecule has 1 unspecified atom stereocenters. The van der Waals surface area contributed by atoms with Crippen LogP contribution < -0.4 is 0 Å². The highest BCUT2D eigenvalue weighted by atomic mass is 35.5. The van der Waals surface area contributed by atoms with Crippen molar-refractivity contribution < 1.29 is 9.53 Å². The second kappa shape index (κ2) is 6.10. The summed E-state index contributed by atoms with van der Waals surface area (Å²) in [7, 11) is 0. The van der Waals surface area contributed by atoms with Crippen LogP contribution in [0.3, 0.4) is 0 Å². The predicted molar refractivity (Wildman–Crippen MR) is 86.2 cm³/mol. The van der Waals surface area contributed by atoms with Crippen LogP contribution in [0.25, 0.3) is 0 Å². The van der Waals surface area contributed by atoms with Crippen LogP contribution in [0.5, 0.6) is 0 Å². The number of hydrogen-bond donors (Lipinski definition) is 0. The lowest BCUT2D eigenvalue weighted by Crippen LogP contribution is -2.28. The van der Waals surface area contributed by atoms with Crippen LogP contribution in [0, 0.1) is 0 Å². The van der Waals surface area contributed by atoms with Gasteiger partial charge in [0.1, 0.15) is 17.0 Å². The van der Waals surface area contributed by atoms with E-state index < -0.39 is 5.97 Å². The van der Waals surface area contributed by atoms with Gasteiger partial charge in [-0.3, -0.25) is 4.99 Å². The number of aliphatic imine (C=N–C) groups is 1. The number of hydrazone groups is 1. The number of esters is 1. The Morgan fingerprint density at radius 2 is 2.09 bits per heavy atom. The van der Waals surface area contributed by atoms with E-state index in [0.29, 0.717) is 28.9 Å². The van der Waals surface area contributed by atoms with Crippen molar-refractivity contribution in [1.82, 2.24) is 5.01 Å². The number of rotatable bonds is 3. The molecule has 0 aromatic heterocycles. The highest BCUT2D eigenvalue weighted by Gasteiger charge is 2.34. The lowest BCUT2D eigenvalue weighted by atomic mass is 10.1. The number of benzene rings is 1. The van der Waals surface area contributed by atoms with Crippen LogP contribution in [0.4, 0.5) is 0 Å². The van der Waals surface area contributed by atoms with E-state index in [9.17, 15) is 4.79 Å². The number of carbonyl (C=O) groups is 1. The summed E-state index contributed by atoms with van der Waals surface area (Å²) in [6, 6.07) is 7.34. The summed E-state index contributed by atoms with van der Waals surface area (Å²) >= 11 is 12.2. The molecule has 3 rings (SSSR count). The predicted octanol–water partition coefficient (Wildman–Crippen LogP) is 3.17. The molecule has 1 aromatic rings. The molecule has 2 aliphatic rings. The topological polar surface area (TPSA) is 54.3 Å². The monoisotopic (exact) mass is 337 g/mol. The molecule has 0 fully saturated rings. The Labute approximate surface area is 137 Å². The zero-order valence-corrected chi connectivity index (χ0v) is 13.3. The minimum Gasteiger partial charge on any atom is -0.461 e. The molecule has 0 N–H and O–H groups in total. The molecule has 5 nitrogen and oxygen atoms in total. The Kier molecular flexibility index (Phi) is 4.18. The highest BCUT2D eigenvalue weighted by molar-refractivity contribution is 6.38. The van der Waals surface area contributed by atoms with Gasteiger partial charge in [0.15, 0.2) is 0 Å². The number of nitrogens with zero attached hydrogens (tertiary/aromatic N) is 3. The van der Waals surface area contributed by atoms with Gasteiger partial charge >= 0.3 is 5.97 Å². The molecule has 0 aliphatic carbocycles. The molecule has 0 bridgehead atoms. The van der Waals surface area contributed by atoms with Gasteiger partial charge in [-0.25, -0.2) is 9.80 Å². The van der Waals surface area contributed by atoms with Crippen molar-refractivity contribution in [2.45, 2.75) is 19.5 Å². The molecule has 1 atom stereocenters. The molecule has 0 saturated carbocycles. The first-order valence-electron chi connectivity index (χ1n) is 6.83. The Hall–Kier alpha value is -1.85. The van der Waals surface area contributed by atoms with Crippen molar-refractivity contribution in [1.29, 1.82) is 0 Å². The Bertz CT molecular complexity index is 695. The Balaban J connectivity index is 1.85. The first-order chi connectivity index (χ1) is 10.6. The van der Waals surface area contributed by atoms with Gasteiger partial charge < -0.3 is 4.74 Å². The highest BCUT2D eigenvalue weighted by Crippen LogP contribution is 2.29. The second-order valence-corrected chi connectivity index (χ2v) is 5.61. The molecule has 114 valence electrons. The largest absolute Gasteiger partial charge is 0.461 e. The van der Waals surface area contributed by atoms with Crippen LogP contribution >= 0.6 is 23.2 Å². The molecule has 2 aliphatic heterocycles. The molecule has 0 spiro atoms. The lowest BCUT2D eigenvalue weighted by Gasteiger charge is -2.24. The van der Waals surface area contributed by atoms with Crippen LogP contribution in [-0.2, 0) is 9.53 Å². The van der Waals surface area contributed by atoms with E-state index in [2.05, 4.69) is 10.1 Å². The number of fused-ring (bicyclic) bond motifs is 1. The third-order valence-corrected chi connectivity index (χ3v) is 3.83. The number of carbonyl (C=O) groups excluding carboxylic acids is 1. The van der Waals surface area contributed by atoms with Gasteiger partial charge in [0.05, 0.1) is 12.3 Å². The number of allylic oxidation sites excluding steroid dienone is 1. The molecule has 7 heteroatoms. The first kappa shape index (κ1) is 15.1. The van der Waals surface area contributed by atoms with E-state index >= 15 is 0 Å². The SMILES string of the molecule is CCOC(=O)C1=NN2C(Cl)=CC(c3ccc(Cl)cc3)=NC2C1. The third-order valence-electron chi connectivity index (χ3n) is 3.30. The van der Waals surface area contributed by atoms with Crippen molar-refractivity contribution in [2.75, 3.05) is 6.61 Å². The molecular formula is C15H13Cl2N3O2. The summed E-state index contributed by atoms with van der Waals surface area (Å²) in [5.74, 6) is -0.426. The Morgan fingerprint density at radius 1 is 1.36 bits per heavy atom. The van der Waals surface area contributed by atoms with Gasteiger partial charge in [-0.15, -0.1) is 0 Å². The summed E-state index contributed by atoms with van der Waals surface area (Å²) in [4.78, 5) is 16.4. The maximum atomic E-state index is 11.8. The van der Waals surface area contributed by atoms with E-state index in [4.69, 9.17) is 27.9 Å². The molecule has 0 amide bonds. The molecule has 0 radical (unpaired) electrons. The third kappa shape index (κ3) is 2.87. The van der Waals surface area contributed by atoms with E-state index in [1.54, 1.807) is 25.1 Å². The Morgan fingerprint density at radius 3 is 2.77 bits per heavy atom. The zero-order chi connectivity index (χ0) is 15.7. The van der Waals surface area contributed by atoms with Gasteiger partial charge in [-0.2, -0.15) is 5.10 Å². The summed E-state index contributed by atoms with van der Waals surface area (Å²) in [5.41, 5.74) is 1.98. The minimum atomic E-state index is -0.426. The maximum Gasteiger partial charge on any atom is 0.354 e. The average molecular weight is 338 g/mol. The van der Waals surface area contributed by atoms with Crippen LogP contribution in [-0.4, -0.2) is 35.2 Å². The minimum absolute atomic E-state index is 0.311. The fourth-order valence-electron chi connectivity index (χ4n) is 2.28. The fourth-order valence-corrected chi connectivity index (χ4v) is 2.66. The van der Waals surface area contributed by atoms with Crippen molar-refractivity contribution in [3.05, 3.63) is 46.1 Å². The lowest BCUT2D eigenvalue weighted by molar-refractivity contribution is -0.135. The smallest absolute Gasteiger partial charge is 0.354 e. The summed E-state index contributed by atoms with van der Waals surface area (Å²) in [6.45, 7) is 2.07. The van der Waals surface area contributed by atoms with E-state index in [1.807, 2.05) is 12.1 Å². The number of ether oxygens (including phenoxy) is 1. The van der Waals surface area contributed by atoms with Gasteiger partial charge in [0.25, 0.3) is 0 Å². The standard InChI is InChI=1S/C15H13Cl2N3O2/c1-2-22-15(21)12-8-14-18-11(7-13(17)20(14)19-12)9-3-5-10(16)6-4-9/h3-7,14H,2,8H2,1H3. The normalized spacial score (nSPS) is 20.0. The van der Waals surface area contributed by atoms with Crippen LogP contribution in [0.2, 0.25) is 5.02 Å². The number of halogens is 2. The first-order valence-corrected chi connectivity index (χ1v) is 7.59. The van der Waals surface area contributed by atoms with Crippen molar-refractivity contribution in [2.24, 2.45) is 10.1 Å². The quantitative estimate of drug-likeness (QED) is 0.628. The molecule has 1 aromatic carbocycles. The summed E-state index contributed by atoms with van der Waals surface area (Å²) in [5, 5.41) is 6.81. The van der Waals surface area contributed by atoms with Gasteiger partial charge in [-0.1, -0.05) is 35.3 Å². The van der Waals surface area contributed by atoms with Gasteiger partial charge in [-0.05, 0) is 24.6 Å². The average Bonchev–Trinajstić information content (AvgIpc) is 2.93. The van der Waals surface area contributed by atoms with E-state index in [-0.39, 0.29) is 6.17 Å². The van der Waals surface area contributed by atoms with Gasteiger partial charge in [0, 0.05) is 17.5 Å². The zero-order valence-electron chi connectivity index (χ0n) is 11.8. The van der Waals surface area contributed by atoms with Crippen LogP contribution in [0.15, 0.2) is 45.6 Å². The molecule has 2 heterocycles. The molecule has 0 saturated heterocycles. The molecule has 22 heavy (non-hydrogen) atoms. The van der Waals surface area contributed by atoms with E-state index in [1.165, 1.54) is 5.01 Å². The van der Waals surface area contributed by atoms with Crippen molar-refractivity contribution in [3.8, 4) is 0 Å². The second-order valence-electron chi connectivity index (χ2n) is 4.78. The van der Waals surface area contributed by atoms with Crippen molar-refractivity contribution in [3.63, 3.8) is 0 Å². The fraction of sp³-hybridized carbons (Fsp3) is 0.267. The molecular weight excluding hydrogens is 325 g/mol. The van der Waals surface area contributed by atoms with Crippen LogP contribution in [0.1, 0.15) is 18.9 Å². The summed E-state index contributed by atoms with van der Waals surface area (Å²) < 4.78 is 4.97. The van der Waals surface area contributed by atoms with Crippen molar-refractivity contribution >= 4 is 40.6 Å². The number of hydrogen-bond acceptors (Lipinski definition) is 5. The maximum absolute atomic E-state index is 11.8.